The largest absolute Gasteiger partial charge is 0.417 e. The van der Waals surface area contributed by atoms with Crippen LogP contribution in [-0.2, 0) is 9.16 Å². The van der Waals surface area contributed by atoms with Crippen LogP contribution in [-0.4, -0.2) is 51.1 Å². The van der Waals surface area contributed by atoms with Crippen molar-refractivity contribution in [1.29, 1.82) is 0 Å². The van der Waals surface area contributed by atoms with E-state index in [9.17, 15) is 0 Å². The highest BCUT2D eigenvalue weighted by Crippen LogP contribution is 2.10. The van der Waals surface area contributed by atoms with Crippen LogP contribution < -0.4 is 0 Å². The van der Waals surface area contributed by atoms with Gasteiger partial charge in [-0.1, -0.05) is 6.92 Å². The van der Waals surface area contributed by atoms with Gasteiger partial charge in [0.25, 0.3) is 0 Å². The van der Waals surface area contributed by atoms with E-state index < -0.39 is 14.4 Å². The van der Waals surface area contributed by atoms with Gasteiger partial charge in [-0.05, 0) is 38.4 Å². The normalized spacial score (nSPS) is 15.9. The maximum atomic E-state index is 9.05. The molecule has 2 N–H and O–H groups in total. The first-order valence-electron chi connectivity index (χ1n) is 6.35. The van der Waals surface area contributed by atoms with Gasteiger partial charge in [0.15, 0.2) is 8.32 Å². The van der Waals surface area contributed by atoms with Crippen molar-refractivity contribution in [2.45, 2.75) is 45.5 Å². The van der Waals surface area contributed by atoms with E-state index in [-0.39, 0.29) is 13.2 Å². The Morgan fingerprint density at radius 1 is 1.18 bits per heavy atom. The van der Waals surface area contributed by atoms with Crippen LogP contribution >= 0.6 is 0 Å². The van der Waals surface area contributed by atoms with Crippen LogP contribution in [0.5, 0.6) is 0 Å². The predicted octanol–water partition coefficient (Wildman–Crippen LogP) is 1.62. The van der Waals surface area contributed by atoms with Gasteiger partial charge in [0.2, 0.25) is 0 Å². The summed E-state index contributed by atoms with van der Waals surface area (Å²) in [5, 5.41) is 17.6. The van der Waals surface area contributed by atoms with Crippen LogP contribution in [0.15, 0.2) is 0 Å². The summed E-state index contributed by atoms with van der Waals surface area (Å²) in [6.45, 7) is 10.2. The summed E-state index contributed by atoms with van der Waals surface area (Å²) in [5.74, 6) is 0.549. The van der Waals surface area contributed by atoms with Crippen molar-refractivity contribution < 1.29 is 19.4 Å². The third-order valence-corrected chi connectivity index (χ3v) is 3.34. The number of hydrogen-bond acceptors (Lipinski definition) is 4. The molecule has 0 radical (unpaired) electrons. The summed E-state index contributed by atoms with van der Waals surface area (Å²) in [6.07, 6.45) is 1.29. The SMILES string of the molecule is CC(CCCOCC(O)CO)CO[Si](C)(C)C. The van der Waals surface area contributed by atoms with Crippen LogP contribution in [0, 0.1) is 5.92 Å². The highest BCUT2D eigenvalue weighted by atomic mass is 28.4. The first-order chi connectivity index (χ1) is 7.85. The van der Waals surface area contributed by atoms with Crippen molar-refractivity contribution >= 4 is 8.32 Å². The van der Waals surface area contributed by atoms with Gasteiger partial charge in [0.05, 0.1) is 13.2 Å². The third-order valence-electron chi connectivity index (χ3n) is 2.31. The van der Waals surface area contributed by atoms with Crippen molar-refractivity contribution in [3.05, 3.63) is 0 Å². The zero-order chi connectivity index (χ0) is 13.3. The maximum absolute atomic E-state index is 9.05. The van der Waals surface area contributed by atoms with E-state index in [0.717, 1.165) is 19.4 Å². The Bertz CT molecular complexity index is 182. The third kappa shape index (κ3) is 12.3. The molecule has 0 aromatic carbocycles. The van der Waals surface area contributed by atoms with Crippen LogP contribution in [0.1, 0.15) is 19.8 Å². The van der Waals surface area contributed by atoms with Gasteiger partial charge in [-0.25, -0.2) is 0 Å². The lowest BCUT2D eigenvalue weighted by molar-refractivity contribution is 0.00442. The van der Waals surface area contributed by atoms with Gasteiger partial charge in [-0.3, -0.25) is 0 Å². The Hall–Kier alpha value is 0.0569. The van der Waals surface area contributed by atoms with Crippen molar-refractivity contribution in [2.24, 2.45) is 5.92 Å². The number of aliphatic hydroxyl groups is 2. The highest BCUT2D eigenvalue weighted by Gasteiger charge is 2.15. The molecule has 5 heteroatoms. The van der Waals surface area contributed by atoms with Crippen LogP contribution in [0.4, 0.5) is 0 Å². The monoisotopic (exact) mass is 264 g/mol. The Morgan fingerprint density at radius 3 is 2.35 bits per heavy atom. The lowest BCUT2D eigenvalue weighted by Gasteiger charge is -2.20. The van der Waals surface area contributed by atoms with E-state index in [1.54, 1.807) is 0 Å². The zero-order valence-electron chi connectivity index (χ0n) is 11.6. The van der Waals surface area contributed by atoms with E-state index in [4.69, 9.17) is 19.4 Å². The molecule has 17 heavy (non-hydrogen) atoms. The fraction of sp³-hybridized carbons (Fsp3) is 1.00. The molecule has 2 unspecified atom stereocenters. The molecule has 4 nitrogen and oxygen atoms in total. The molecule has 0 heterocycles. The Balaban J connectivity index is 3.36. The molecule has 104 valence electrons. The predicted molar refractivity (Wildman–Crippen MR) is 71.6 cm³/mol. The fourth-order valence-electron chi connectivity index (χ4n) is 1.28. The first-order valence-corrected chi connectivity index (χ1v) is 9.76. The van der Waals surface area contributed by atoms with Gasteiger partial charge in [-0.15, -0.1) is 0 Å². The van der Waals surface area contributed by atoms with Crippen LogP contribution in [0.2, 0.25) is 19.6 Å². The lowest BCUT2D eigenvalue weighted by Crippen LogP contribution is -2.28. The zero-order valence-corrected chi connectivity index (χ0v) is 12.6. The van der Waals surface area contributed by atoms with E-state index in [1.807, 2.05) is 0 Å². The molecule has 0 saturated heterocycles. The summed E-state index contributed by atoms with van der Waals surface area (Å²) in [6, 6.07) is 0. The molecule has 0 fully saturated rings. The van der Waals surface area contributed by atoms with Crippen molar-refractivity contribution in [2.75, 3.05) is 26.4 Å². The number of hydrogen-bond donors (Lipinski definition) is 2. The van der Waals surface area contributed by atoms with Crippen LogP contribution in [0.25, 0.3) is 0 Å². The molecule has 0 aromatic heterocycles. The van der Waals surface area contributed by atoms with Gasteiger partial charge >= 0.3 is 0 Å². The molecule has 0 rings (SSSR count). The molecular weight excluding hydrogens is 236 g/mol. The van der Waals surface area contributed by atoms with Gasteiger partial charge in [0, 0.05) is 13.2 Å². The van der Waals surface area contributed by atoms with Gasteiger partial charge in [-0.2, -0.15) is 0 Å². The minimum atomic E-state index is -1.39. The summed E-state index contributed by atoms with van der Waals surface area (Å²) in [7, 11) is -1.39. The van der Waals surface area contributed by atoms with E-state index in [1.165, 1.54) is 0 Å². The second-order valence-electron chi connectivity index (χ2n) is 5.58. The van der Waals surface area contributed by atoms with Gasteiger partial charge < -0.3 is 19.4 Å². The average molecular weight is 264 g/mol. The van der Waals surface area contributed by atoms with E-state index in [0.29, 0.717) is 12.5 Å². The van der Waals surface area contributed by atoms with Crippen LogP contribution in [0.3, 0.4) is 0 Å². The van der Waals surface area contributed by atoms with E-state index in [2.05, 4.69) is 26.6 Å². The summed E-state index contributed by atoms with van der Waals surface area (Å²) >= 11 is 0. The molecule has 0 saturated carbocycles. The number of rotatable bonds is 10. The summed E-state index contributed by atoms with van der Waals surface area (Å²) < 4.78 is 11.1. The Morgan fingerprint density at radius 2 is 1.82 bits per heavy atom. The Kier molecular flexibility index (Phi) is 9.08. The molecule has 0 aliphatic rings. The summed E-state index contributed by atoms with van der Waals surface area (Å²) in [5.41, 5.74) is 0. The molecule has 0 aromatic rings. The minimum Gasteiger partial charge on any atom is -0.417 e. The molecule has 0 aliphatic heterocycles. The van der Waals surface area contributed by atoms with Crippen molar-refractivity contribution in [3.63, 3.8) is 0 Å². The van der Waals surface area contributed by atoms with E-state index >= 15 is 0 Å². The molecular formula is C12H28O4Si. The Labute approximate surface area is 106 Å². The second-order valence-corrected chi connectivity index (χ2v) is 10.1. The molecule has 2 atom stereocenters. The molecule has 0 bridgehead atoms. The topological polar surface area (TPSA) is 58.9 Å². The molecule has 0 aliphatic carbocycles. The molecule has 0 spiro atoms. The number of aliphatic hydroxyl groups excluding tert-OH is 2. The quantitative estimate of drug-likeness (QED) is 0.465. The maximum Gasteiger partial charge on any atom is 0.183 e. The van der Waals surface area contributed by atoms with Crippen molar-refractivity contribution in [1.82, 2.24) is 0 Å². The average Bonchev–Trinajstić information content (AvgIpc) is 2.24. The fourth-order valence-corrected chi connectivity index (χ4v) is 2.07. The number of ether oxygens (including phenoxy) is 1. The highest BCUT2D eigenvalue weighted by molar-refractivity contribution is 6.69. The van der Waals surface area contributed by atoms with Crippen molar-refractivity contribution in [3.8, 4) is 0 Å². The minimum absolute atomic E-state index is 0.219. The lowest BCUT2D eigenvalue weighted by atomic mass is 10.1. The smallest absolute Gasteiger partial charge is 0.183 e. The first kappa shape index (κ1) is 17.1. The standard InChI is InChI=1S/C12H28O4Si/c1-11(9-16-17(2,3)4)6-5-7-15-10-12(14)8-13/h11-14H,5-10H2,1-4H3. The van der Waals surface area contributed by atoms with Gasteiger partial charge in [0.1, 0.15) is 6.10 Å². The molecule has 0 amide bonds. The summed E-state index contributed by atoms with van der Waals surface area (Å²) in [4.78, 5) is 0. The second kappa shape index (κ2) is 9.05.